The van der Waals surface area contributed by atoms with E-state index in [1.54, 1.807) is 13.3 Å². The quantitative estimate of drug-likeness (QED) is 0.765. The van der Waals surface area contributed by atoms with E-state index in [0.29, 0.717) is 0 Å². The number of ether oxygens (including phenoxy) is 1. The van der Waals surface area contributed by atoms with Crippen molar-refractivity contribution >= 4 is 5.82 Å². The van der Waals surface area contributed by atoms with E-state index in [9.17, 15) is 0 Å². The van der Waals surface area contributed by atoms with Crippen molar-refractivity contribution in [1.29, 1.82) is 0 Å². The first kappa shape index (κ1) is 13.8. The summed E-state index contributed by atoms with van der Waals surface area (Å²) in [4.78, 5) is 4.25. The number of hydrogen-bond acceptors (Lipinski definition) is 4. The highest BCUT2D eigenvalue weighted by atomic mass is 16.5. The molecule has 0 aliphatic heterocycles. The fourth-order valence-corrected chi connectivity index (χ4v) is 1.58. The van der Waals surface area contributed by atoms with Crippen molar-refractivity contribution in [2.75, 3.05) is 25.6 Å². The van der Waals surface area contributed by atoms with Crippen molar-refractivity contribution in [3.63, 3.8) is 0 Å². The van der Waals surface area contributed by atoms with Crippen LogP contribution in [0, 0.1) is 5.41 Å². The van der Waals surface area contributed by atoms with Crippen molar-refractivity contribution in [2.24, 2.45) is 5.41 Å². The zero-order valence-corrected chi connectivity index (χ0v) is 10.9. The molecule has 1 rings (SSSR count). The summed E-state index contributed by atoms with van der Waals surface area (Å²) in [6.07, 6.45) is 3.53. The molecule has 1 aromatic rings. The molecule has 0 saturated carbocycles. The minimum absolute atomic E-state index is 0.157. The zero-order chi connectivity index (χ0) is 12.7. The molecule has 4 nitrogen and oxygen atoms in total. The number of methoxy groups -OCH3 is 1. The third-order valence-electron chi connectivity index (χ3n) is 2.73. The molecular weight excluding hydrogens is 216 g/mol. The summed E-state index contributed by atoms with van der Waals surface area (Å²) in [5, 5.41) is 12.1. The summed E-state index contributed by atoms with van der Waals surface area (Å²) in [5.74, 6) is 1.61. The lowest BCUT2D eigenvalue weighted by Gasteiger charge is -2.24. The third-order valence-corrected chi connectivity index (χ3v) is 2.73. The van der Waals surface area contributed by atoms with Crippen molar-refractivity contribution < 1.29 is 9.84 Å². The van der Waals surface area contributed by atoms with Crippen LogP contribution in [0.4, 0.5) is 5.82 Å². The van der Waals surface area contributed by atoms with E-state index in [-0.39, 0.29) is 12.0 Å². The van der Waals surface area contributed by atoms with Crippen LogP contribution in [0.25, 0.3) is 0 Å². The number of aliphatic hydroxyl groups is 1. The van der Waals surface area contributed by atoms with E-state index in [1.165, 1.54) is 0 Å². The number of rotatable bonds is 7. The Bertz CT molecular complexity index is 323. The zero-order valence-electron chi connectivity index (χ0n) is 10.9. The minimum Gasteiger partial charge on any atom is -0.495 e. The van der Waals surface area contributed by atoms with E-state index in [2.05, 4.69) is 24.1 Å². The summed E-state index contributed by atoms with van der Waals surface area (Å²) < 4.78 is 5.05. The Balaban J connectivity index is 2.43. The summed E-state index contributed by atoms with van der Waals surface area (Å²) in [6, 6.07) is 3.79. The van der Waals surface area contributed by atoms with Crippen LogP contribution in [0.15, 0.2) is 18.3 Å². The van der Waals surface area contributed by atoms with Gasteiger partial charge in [0.15, 0.2) is 0 Å². The number of aromatic nitrogens is 1. The summed E-state index contributed by atoms with van der Waals surface area (Å²) >= 11 is 0. The van der Waals surface area contributed by atoms with E-state index < -0.39 is 0 Å². The van der Waals surface area contributed by atoms with Crippen LogP contribution in [-0.4, -0.2) is 30.4 Å². The molecule has 0 bridgehead atoms. The molecule has 1 aromatic heterocycles. The number of pyridine rings is 1. The molecular formula is C13H22N2O2. The second kappa shape index (κ2) is 6.45. The Kier molecular flexibility index (Phi) is 5.22. The number of hydrogen-bond donors (Lipinski definition) is 2. The summed E-state index contributed by atoms with van der Waals surface area (Å²) in [7, 11) is 1.63. The fraction of sp³-hybridized carbons (Fsp3) is 0.615. The predicted molar refractivity (Wildman–Crippen MR) is 69.4 cm³/mol. The molecule has 0 aromatic carbocycles. The number of aliphatic hydroxyl groups excluding tert-OH is 1. The third kappa shape index (κ3) is 5.04. The second-order valence-electron chi connectivity index (χ2n) is 4.93. The maximum absolute atomic E-state index is 8.83. The highest BCUT2D eigenvalue weighted by Crippen LogP contribution is 2.22. The maximum Gasteiger partial charge on any atom is 0.137 e. The molecule has 0 unspecified atom stereocenters. The molecule has 0 fully saturated rings. The average Bonchev–Trinajstić information content (AvgIpc) is 2.35. The maximum atomic E-state index is 8.83. The van der Waals surface area contributed by atoms with Crippen molar-refractivity contribution in [3.05, 3.63) is 18.3 Å². The molecule has 96 valence electrons. The van der Waals surface area contributed by atoms with Gasteiger partial charge in [0.05, 0.1) is 13.3 Å². The number of nitrogens with zero attached hydrogens (tertiary/aromatic N) is 1. The van der Waals surface area contributed by atoms with E-state index in [1.807, 2.05) is 12.1 Å². The van der Waals surface area contributed by atoms with Gasteiger partial charge in [-0.05, 0) is 30.4 Å². The van der Waals surface area contributed by atoms with Gasteiger partial charge in [-0.1, -0.05) is 13.8 Å². The van der Waals surface area contributed by atoms with Crippen LogP contribution in [0.3, 0.4) is 0 Å². The van der Waals surface area contributed by atoms with Gasteiger partial charge in [0, 0.05) is 13.2 Å². The molecule has 0 saturated heterocycles. The predicted octanol–water partition coefficient (Wildman–Crippen LogP) is 2.30. The van der Waals surface area contributed by atoms with Gasteiger partial charge in [0.1, 0.15) is 11.6 Å². The molecule has 0 aliphatic rings. The van der Waals surface area contributed by atoms with Crippen LogP contribution < -0.4 is 10.1 Å². The van der Waals surface area contributed by atoms with Crippen LogP contribution in [0.2, 0.25) is 0 Å². The van der Waals surface area contributed by atoms with Crippen molar-refractivity contribution in [2.45, 2.75) is 26.7 Å². The summed E-state index contributed by atoms with van der Waals surface area (Å²) in [5.41, 5.74) is 0.157. The van der Waals surface area contributed by atoms with E-state index in [4.69, 9.17) is 9.84 Å². The lowest BCUT2D eigenvalue weighted by Crippen LogP contribution is -2.23. The van der Waals surface area contributed by atoms with Gasteiger partial charge in [0.2, 0.25) is 0 Å². The number of nitrogens with one attached hydrogen (secondary N) is 1. The highest BCUT2D eigenvalue weighted by Gasteiger charge is 2.16. The van der Waals surface area contributed by atoms with Gasteiger partial charge in [-0.2, -0.15) is 0 Å². The Labute approximate surface area is 103 Å². The highest BCUT2D eigenvalue weighted by molar-refractivity contribution is 5.37. The standard InChI is InChI=1S/C13H22N2O2/c1-13(2,7-4-8-16)10-15-12-6-5-11(17-3)9-14-12/h5-6,9,16H,4,7-8,10H2,1-3H3,(H,14,15). The van der Waals surface area contributed by atoms with Crippen LogP contribution in [0.1, 0.15) is 26.7 Å². The van der Waals surface area contributed by atoms with Crippen LogP contribution in [0.5, 0.6) is 5.75 Å². The van der Waals surface area contributed by atoms with Gasteiger partial charge in [-0.3, -0.25) is 0 Å². The average molecular weight is 238 g/mol. The Morgan fingerprint density at radius 1 is 1.41 bits per heavy atom. The molecule has 0 radical (unpaired) electrons. The smallest absolute Gasteiger partial charge is 0.137 e. The van der Waals surface area contributed by atoms with Gasteiger partial charge in [-0.15, -0.1) is 0 Å². The van der Waals surface area contributed by atoms with E-state index >= 15 is 0 Å². The topological polar surface area (TPSA) is 54.4 Å². The Morgan fingerprint density at radius 2 is 2.18 bits per heavy atom. The van der Waals surface area contributed by atoms with Gasteiger partial charge in [0.25, 0.3) is 0 Å². The molecule has 0 atom stereocenters. The van der Waals surface area contributed by atoms with Crippen molar-refractivity contribution in [3.8, 4) is 5.75 Å². The first-order valence-corrected chi connectivity index (χ1v) is 5.92. The van der Waals surface area contributed by atoms with Crippen molar-refractivity contribution in [1.82, 2.24) is 4.98 Å². The molecule has 2 N–H and O–H groups in total. The Hall–Kier alpha value is -1.29. The first-order valence-electron chi connectivity index (χ1n) is 5.92. The Morgan fingerprint density at radius 3 is 2.71 bits per heavy atom. The lowest BCUT2D eigenvalue weighted by atomic mass is 9.88. The SMILES string of the molecule is COc1ccc(NCC(C)(C)CCCO)nc1. The molecule has 17 heavy (non-hydrogen) atoms. The van der Waals surface area contributed by atoms with Gasteiger partial charge in [-0.25, -0.2) is 4.98 Å². The monoisotopic (exact) mass is 238 g/mol. The van der Waals surface area contributed by atoms with Gasteiger partial charge >= 0.3 is 0 Å². The first-order chi connectivity index (χ1) is 8.07. The molecule has 0 amide bonds. The normalized spacial score (nSPS) is 11.3. The molecule has 1 heterocycles. The van der Waals surface area contributed by atoms with E-state index in [0.717, 1.165) is 31.0 Å². The number of anilines is 1. The molecule has 0 aliphatic carbocycles. The second-order valence-corrected chi connectivity index (χ2v) is 4.93. The minimum atomic E-state index is 0.157. The molecule has 4 heteroatoms. The fourth-order valence-electron chi connectivity index (χ4n) is 1.58. The lowest BCUT2D eigenvalue weighted by molar-refractivity contribution is 0.248. The van der Waals surface area contributed by atoms with Gasteiger partial charge < -0.3 is 15.2 Å². The van der Waals surface area contributed by atoms with Crippen LogP contribution in [-0.2, 0) is 0 Å². The molecule has 0 spiro atoms. The van der Waals surface area contributed by atoms with Crippen LogP contribution >= 0.6 is 0 Å². The summed E-state index contributed by atoms with van der Waals surface area (Å²) in [6.45, 7) is 5.45. The largest absolute Gasteiger partial charge is 0.495 e.